The third-order valence-electron chi connectivity index (χ3n) is 6.71. The zero-order chi connectivity index (χ0) is 38.3. The fraction of sp³-hybridized carbons (Fsp3) is 0.568. The van der Waals surface area contributed by atoms with Gasteiger partial charge in [0.15, 0.2) is 0 Å². The minimum atomic E-state index is -0.771. The number of carbonyl (C=O) groups excluding carboxylic acids is 5. The maximum atomic E-state index is 12.5. The molecule has 0 saturated heterocycles. The number of likely N-dealkylation sites (N-methyl/N-ethyl adjacent to an activating group) is 1. The molecule has 1 heterocycles. The molecule has 2 rings (SSSR count). The molecular weight excluding hydrogens is 638 g/mol. The minimum Gasteiger partial charge on any atom is -0.355 e. The average Bonchev–Trinajstić information content (AvgIpc) is 3.10. The standard InChI is InChI=1S/C22H35N7O6.C8H10.C4H10.C3H8/c1-4-6-17(28-19(31)14-27-21(33)16-7-11-29(35)12-8-16)22(34)25-10-9-24-15(3)20(32)26-13-18(30)23-5-2;1-7-5-3-4-6-8(7)2;1-3-4-2;1-3-2/h7-8,11-12,15,17,24H,4-6,9-10,13-14H2,1-3H3,(H5-,23,25,26,27,28,30,31,32,33,34,35);3-6H,1-2H3;3-4H2,1-2H3;3H2,1-2H3/p+1. The van der Waals surface area contributed by atoms with Crippen molar-refractivity contribution in [3.05, 3.63) is 65.5 Å². The van der Waals surface area contributed by atoms with Crippen LogP contribution in [0, 0.1) is 13.8 Å². The van der Waals surface area contributed by atoms with E-state index in [0.717, 1.165) is 4.73 Å². The van der Waals surface area contributed by atoms with Crippen LogP contribution in [-0.2, 0) is 19.2 Å². The van der Waals surface area contributed by atoms with Gasteiger partial charge in [0, 0.05) is 36.5 Å². The lowest BCUT2D eigenvalue weighted by atomic mass is 10.1. The highest BCUT2D eigenvalue weighted by Crippen LogP contribution is 2.02. The summed E-state index contributed by atoms with van der Waals surface area (Å²) in [5.74, 6) is -2.00. The van der Waals surface area contributed by atoms with Crippen LogP contribution in [0.25, 0.3) is 0 Å². The van der Waals surface area contributed by atoms with Gasteiger partial charge in [-0.1, -0.05) is 84.6 Å². The van der Waals surface area contributed by atoms with E-state index < -0.39 is 23.9 Å². The fourth-order valence-electron chi connectivity index (χ4n) is 3.57. The summed E-state index contributed by atoms with van der Waals surface area (Å²) in [6.45, 7) is 18.7. The highest BCUT2D eigenvalue weighted by molar-refractivity contribution is 5.97. The predicted molar refractivity (Wildman–Crippen MR) is 198 cm³/mol. The normalized spacial score (nSPS) is 10.9. The van der Waals surface area contributed by atoms with Crippen molar-refractivity contribution in [2.45, 2.75) is 107 Å². The molecule has 13 nitrogen and oxygen atoms in total. The summed E-state index contributed by atoms with van der Waals surface area (Å²) in [6.07, 6.45) is 7.51. The Hall–Kier alpha value is -4.52. The maximum Gasteiger partial charge on any atom is 0.252 e. The van der Waals surface area contributed by atoms with Crippen LogP contribution in [0.2, 0.25) is 0 Å². The van der Waals surface area contributed by atoms with Crippen molar-refractivity contribution in [3.8, 4) is 0 Å². The van der Waals surface area contributed by atoms with E-state index >= 15 is 0 Å². The van der Waals surface area contributed by atoms with E-state index in [2.05, 4.69) is 97.7 Å². The van der Waals surface area contributed by atoms with Crippen molar-refractivity contribution >= 4 is 29.5 Å². The Balaban J connectivity index is 0. The molecule has 0 spiro atoms. The summed E-state index contributed by atoms with van der Waals surface area (Å²) in [7, 11) is 0. The molecule has 0 aliphatic heterocycles. The van der Waals surface area contributed by atoms with E-state index in [4.69, 9.17) is 0 Å². The van der Waals surface area contributed by atoms with Crippen molar-refractivity contribution in [1.82, 2.24) is 31.9 Å². The third kappa shape index (κ3) is 24.6. The quantitative estimate of drug-likeness (QED) is 0.0797. The minimum absolute atomic E-state index is 0.109. The van der Waals surface area contributed by atoms with Crippen LogP contribution in [-0.4, -0.2) is 79.6 Å². The molecule has 13 heteroatoms. The van der Waals surface area contributed by atoms with Crippen LogP contribution in [0.3, 0.4) is 0 Å². The van der Waals surface area contributed by atoms with Crippen molar-refractivity contribution in [1.29, 1.82) is 0 Å². The molecule has 1 aromatic carbocycles. The Kier molecular flexibility index (Phi) is 29.1. The molecule has 50 heavy (non-hydrogen) atoms. The number of hydrogen-bond donors (Lipinski definition) is 7. The van der Waals surface area contributed by atoms with Gasteiger partial charge in [-0.3, -0.25) is 29.2 Å². The number of aryl methyl sites for hydroxylation is 2. The monoisotopic (exact) mass is 702 g/mol. The van der Waals surface area contributed by atoms with Gasteiger partial charge in [0.2, 0.25) is 36.0 Å². The first-order valence-corrected chi connectivity index (χ1v) is 17.7. The Morgan fingerprint density at radius 3 is 1.72 bits per heavy atom. The largest absolute Gasteiger partial charge is 0.355 e. The molecule has 0 aliphatic carbocycles. The molecule has 5 amide bonds. The lowest BCUT2D eigenvalue weighted by Crippen LogP contribution is -2.51. The number of pyridine rings is 1. The van der Waals surface area contributed by atoms with Crippen LogP contribution in [0.5, 0.6) is 0 Å². The summed E-state index contributed by atoms with van der Waals surface area (Å²) in [5, 5.41) is 25.0. The number of nitrogens with one attached hydrogen (secondary N) is 6. The average molecular weight is 703 g/mol. The van der Waals surface area contributed by atoms with Gasteiger partial charge in [0.25, 0.3) is 5.91 Å². The number of unbranched alkanes of at least 4 members (excludes halogenated alkanes) is 1. The van der Waals surface area contributed by atoms with Gasteiger partial charge in [-0.15, -0.1) is 0 Å². The Morgan fingerprint density at radius 2 is 1.24 bits per heavy atom. The highest BCUT2D eigenvalue weighted by atomic mass is 16.5. The molecule has 7 N–H and O–H groups in total. The molecule has 0 aliphatic rings. The van der Waals surface area contributed by atoms with Gasteiger partial charge < -0.3 is 31.9 Å². The molecule has 2 atom stereocenters. The highest BCUT2D eigenvalue weighted by Gasteiger charge is 2.20. The SMILES string of the molecule is CCC.CCCC.CCCC(NC(=O)CNC(=O)c1cc[n+](O)cc1)C(=O)NCCNC(C)C(=O)NCC(=O)NCC.Cc1ccccc1C. The van der Waals surface area contributed by atoms with E-state index in [0.29, 0.717) is 25.9 Å². The molecular formula is C37H64N7O6+. The zero-order valence-corrected chi connectivity index (χ0v) is 31.8. The van der Waals surface area contributed by atoms with Crippen molar-refractivity contribution in [2.75, 3.05) is 32.7 Å². The number of carbonyl (C=O) groups is 5. The Bertz CT molecular complexity index is 1220. The number of benzene rings is 1. The molecule has 0 saturated carbocycles. The predicted octanol–water partition coefficient (Wildman–Crippen LogP) is 3.10. The lowest BCUT2D eigenvalue weighted by molar-refractivity contribution is -0.904. The van der Waals surface area contributed by atoms with Crippen LogP contribution in [0.15, 0.2) is 48.8 Å². The maximum absolute atomic E-state index is 12.5. The zero-order valence-electron chi connectivity index (χ0n) is 31.8. The fourth-order valence-corrected chi connectivity index (χ4v) is 3.57. The first-order chi connectivity index (χ1) is 23.8. The number of rotatable bonds is 16. The number of amides is 5. The van der Waals surface area contributed by atoms with E-state index in [-0.39, 0.29) is 42.9 Å². The van der Waals surface area contributed by atoms with Gasteiger partial charge in [0.05, 0.1) is 24.7 Å². The van der Waals surface area contributed by atoms with Crippen LogP contribution < -0.4 is 36.6 Å². The van der Waals surface area contributed by atoms with Gasteiger partial charge >= 0.3 is 0 Å². The van der Waals surface area contributed by atoms with Gasteiger partial charge in [-0.05, 0) is 45.2 Å². The summed E-state index contributed by atoms with van der Waals surface area (Å²) in [4.78, 5) is 60.2. The van der Waals surface area contributed by atoms with E-state index in [1.807, 2.05) is 6.92 Å². The van der Waals surface area contributed by atoms with Crippen LogP contribution >= 0.6 is 0 Å². The molecule has 282 valence electrons. The number of aromatic nitrogens is 1. The summed E-state index contributed by atoms with van der Waals surface area (Å²) in [5.41, 5.74) is 3.01. The second kappa shape index (κ2) is 30.5. The first-order valence-electron chi connectivity index (χ1n) is 17.7. The van der Waals surface area contributed by atoms with Gasteiger partial charge in [-0.25, -0.2) is 0 Å². The van der Waals surface area contributed by atoms with Crippen LogP contribution in [0.1, 0.15) is 102 Å². The van der Waals surface area contributed by atoms with Crippen molar-refractivity contribution < 1.29 is 33.9 Å². The second-order valence-corrected chi connectivity index (χ2v) is 11.5. The van der Waals surface area contributed by atoms with Gasteiger partial charge in [-0.2, -0.15) is 0 Å². The molecule has 2 unspecified atom stereocenters. The Labute approximate surface area is 299 Å². The summed E-state index contributed by atoms with van der Waals surface area (Å²) >= 11 is 0. The molecule has 2 aromatic rings. The lowest BCUT2D eigenvalue weighted by Gasteiger charge is -2.19. The molecule has 0 radical (unpaired) electrons. The summed E-state index contributed by atoms with van der Waals surface area (Å²) < 4.78 is 0.789. The first kappa shape index (κ1) is 47.6. The van der Waals surface area contributed by atoms with Crippen molar-refractivity contribution in [2.24, 2.45) is 0 Å². The van der Waals surface area contributed by atoms with Crippen molar-refractivity contribution in [3.63, 3.8) is 0 Å². The third-order valence-corrected chi connectivity index (χ3v) is 6.71. The van der Waals surface area contributed by atoms with Gasteiger partial charge in [0.1, 0.15) is 6.04 Å². The number of nitrogens with zero attached hydrogens (tertiary/aromatic N) is 1. The van der Waals surface area contributed by atoms with E-state index in [1.54, 1.807) is 13.8 Å². The molecule has 0 bridgehead atoms. The smallest absolute Gasteiger partial charge is 0.252 e. The van der Waals surface area contributed by atoms with E-state index in [1.165, 1.54) is 54.9 Å². The topological polar surface area (TPSA) is 182 Å². The van der Waals surface area contributed by atoms with E-state index in [9.17, 15) is 29.2 Å². The number of hydrogen-bond acceptors (Lipinski definition) is 7. The summed E-state index contributed by atoms with van der Waals surface area (Å²) in [6, 6.07) is 9.80. The molecule has 0 fully saturated rings. The second-order valence-electron chi connectivity index (χ2n) is 11.5. The Morgan fingerprint density at radius 1 is 0.700 bits per heavy atom. The molecule has 1 aromatic heterocycles. The van der Waals surface area contributed by atoms with Crippen LogP contribution in [0.4, 0.5) is 0 Å².